The van der Waals surface area contributed by atoms with Gasteiger partial charge in [-0.15, -0.1) is 23.7 Å². The normalized spacial score (nSPS) is 22.1. The first kappa shape index (κ1) is 18.8. The van der Waals surface area contributed by atoms with Crippen LogP contribution in [0.3, 0.4) is 0 Å². The van der Waals surface area contributed by atoms with Gasteiger partial charge in [-0.2, -0.15) is 0 Å². The number of carbonyl (C=O) groups is 1. The van der Waals surface area contributed by atoms with Crippen LogP contribution < -0.4 is 10.6 Å². The van der Waals surface area contributed by atoms with Gasteiger partial charge in [0.1, 0.15) is 0 Å². The number of amides is 1. The zero-order chi connectivity index (χ0) is 15.7. The van der Waals surface area contributed by atoms with Gasteiger partial charge in [0.05, 0.1) is 4.88 Å². The van der Waals surface area contributed by atoms with Crippen LogP contribution in [0.1, 0.15) is 60.1 Å². The Morgan fingerprint density at radius 2 is 1.96 bits per heavy atom. The number of fused-ring (bicyclic) bond motifs is 1. The molecule has 0 bridgehead atoms. The van der Waals surface area contributed by atoms with Gasteiger partial charge in [-0.1, -0.05) is 20.8 Å². The lowest BCUT2D eigenvalue weighted by atomic mass is 9.72. The van der Waals surface area contributed by atoms with E-state index in [0.717, 1.165) is 49.6 Å². The molecule has 3 nitrogen and oxygen atoms in total. The number of hydrogen-bond donors (Lipinski definition) is 2. The van der Waals surface area contributed by atoms with Crippen molar-refractivity contribution in [3.63, 3.8) is 0 Å². The second kappa shape index (κ2) is 7.54. The summed E-state index contributed by atoms with van der Waals surface area (Å²) in [5.41, 5.74) is 1.78. The van der Waals surface area contributed by atoms with Crippen molar-refractivity contribution in [2.24, 2.45) is 11.3 Å². The van der Waals surface area contributed by atoms with Gasteiger partial charge in [0.2, 0.25) is 0 Å². The van der Waals surface area contributed by atoms with Gasteiger partial charge >= 0.3 is 0 Å². The Labute approximate surface area is 150 Å². The lowest BCUT2D eigenvalue weighted by Gasteiger charge is -2.33. The maximum atomic E-state index is 12.5. The molecule has 3 rings (SSSR count). The molecule has 0 saturated carbocycles. The van der Waals surface area contributed by atoms with E-state index >= 15 is 0 Å². The minimum Gasteiger partial charge on any atom is -0.349 e. The lowest BCUT2D eigenvalue weighted by molar-refractivity contribution is 0.0933. The third kappa shape index (κ3) is 4.49. The van der Waals surface area contributed by atoms with Gasteiger partial charge in [0, 0.05) is 10.9 Å². The molecule has 1 aliphatic carbocycles. The summed E-state index contributed by atoms with van der Waals surface area (Å²) in [7, 11) is 0. The molecule has 2 aliphatic rings. The van der Waals surface area contributed by atoms with Crippen molar-refractivity contribution in [3.05, 3.63) is 21.4 Å². The van der Waals surface area contributed by atoms with Crippen LogP contribution in [0.4, 0.5) is 0 Å². The first-order chi connectivity index (χ1) is 10.4. The fraction of sp³-hybridized carbons (Fsp3) is 0.722. The molecular weight excluding hydrogens is 328 g/mol. The Balaban J connectivity index is 0.00000192. The van der Waals surface area contributed by atoms with E-state index in [0.29, 0.717) is 11.5 Å². The van der Waals surface area contributed by atoms with Gasteiger partial charge in [0.15, 0.2) is 0 Å². The molecule has 1 saturated heterocycles. The second-order valence-corrected chi connectivity index (χ2v) is 9.00. The quantitative estimate of drug-likeness (QED) is 0.846. The van der Waals surface area contributed by atoms with Gasteiger partial charge < -0.3 is 10.6 Å². The number of halogens is 1. The first-order valence-electron chi connectivity index (χ1n) is 8.56. The SMILES string of the molecule is CC(C)(C)C1CCc2sc(C(=O)NC3CCNCC3)cc2C1.Cl. The van der Waals surface area contributed by atoms with Gasteiger partial charge in [-0.25, -0.2) is 0 Å². The molecule has 23 heavy (non-hydrogen) atoms. The predicted molar refractivity (Wildman–Crippen MR) is 99.9 cm³/mol. The fourth-order valence-corrected chi connectivity index (χ4v) is 4.71. The maximum absolute atomic E-state index is 12.5. The highest BCUT2D eigenvalue weighted by Crippen LogP contribution is 2.40. The van der Waals surface area contributed by atoms with E-state index in [9.17, 15) is 4.79 Å². The molecule has 0 spiro atoms. The van der Waals surface area contributed by atoms with E-state index in [1.54, 1.807) is 11.3 Å². The summed E-state index contributed by atoms with van der Waals surface area (Å²) in [5.74, 6) is 0.869. The summed E-state index contributed by atoms with van der Waals surface area (Å²) in [6.07, 6.45) is 5.62. The smallest absolute Gasteiger partial charge is 0.261 e. The van der Waals surface area contributed by atoms with Crippen LogP contribution in [0, 0.1) is 11.3 Å². The summed E-state index contributed by atoms with van der Waals surface area (Å²) >= 11 is 1.72. The number of thiophene rings is 1. The van der Waals surface area contributed by atoms with Crippen molar-refractivity contribution < 1.29 is 4.79 Å². The molecule has 1 aromatic heterocycles. The molecule has 1 unspecified atom stereocenters. The number of aryl methyl sites for hydroxylation is 1. The molecule has 1 atom stereocenters. The van der Waals surface area contributed by atoms with E-state index < -0.39 is 0 Å². The molecule has 130 valence electrons. The Morgan fingerprint density at radius 3 is 2.61 bits per heavy atom. The van der Waals surface area contributed by atoms with Crippen LogP contribution in [-0.4, -0.2) is 25.0 Å². The van der Waals surface area contributed by atoms with Crippen molar-refractivity contribution in [1.82, 2.24) is 10.6 Å². The van der Waals surface area contributed by atoms with Gasteiger partial charge in [-0.05, 0) is 68.2 Å². The Hall–Kier alpha value is -0.580. The average molecular weight is 357 g/mol. The third-order valence-corrected chi connectivity index (χ3v) is 6.44. The molecular formula is C18H29ClN2OS. The fourth-order valence-electron chi connectivity index (χ4n) is 3.60. The molecule has 1 amide bonds. The molecule has 1 fully saturated rings. The summed E-state index contributed by atoms with van der Waals surface area (Å²) in [4.78, 5) is 14.8. The monoisotopic (exact) mass is 356 g/mol. The summed E-state index contributed by atoms with van der Waals surface area (Å²) in [6.45, 7) is 9.03. The molecule has 1 aliphatic heterocycles. The van der Waals surface area contributed by atoms with Crippen molar-refractivity contribution in [1.29, 1.82) is 0 Å². The van der Waals surface area contributed by atoms with Crippen LogP contribution in [0.15, 0.2) is 6.07 Å². The Kier molecular flexibility index (Phi) is 6.15. The lowest BCUT2D eigenvalue weighted by Crippen LogP contribution is -2.42. The highest BCUT2D eigenvalue weighted by molar-refractivity contribution is 7.14. The number of piperidine rings is 1. The predicted octanol–water partition coefficient (Wildman–Crippen LogP) is 3.80. The van der Waals surface area contributed by atoms with Gasteiger partial charge in [-0.3, -0.25) is 4.79 Å². The molecule has 5 heteroatoms. The van der Waals surface area contributed by atoms with Crippen LogP contribution >= 0.6 is 23.7 Å². The zero-order valence-electron chi connectivity index (χ0n) is 14.4. The van der Waals surface area contributed by atoms with E-state index in [2.05, 4.69) is 37.5 Å². The highest BCUT2D eigenvalue weighted by atomic mass is 35.5. The molecule has 2 heterocycles. The van der Waals surface area contributed by atoms with E-state index in [4.69, 9.17) is 0 Å². The van der Waals surface area contributed by atoms with E-state index in [1.807, 2.05) is 0 Å². The van der Waals surface area contributed by atoms with Crippen LogP contribution in [0.25, 0.3) is 0 Å². The van der Waals surface area contributed by atoms with Crippen LogP contribution in [0.5, 0.6) is 0 Å². The molecule has 1 aromatic rings. The average Bonchev–Trinajstić information content (AvgIpc) is 2.90. The number of nitrogens with one attached hydrogen (secondary N) is 2. The highest BCUT2D eigenvalue weighted by Gasteiger charge is 2.30. The summed E-state index contributed by atoms with van der Waals surface area (Å²) in [5, 5.41) is 6.55. The molecule has 0 aromatic carbocycles. The zero-order valence-corrected chi connectivity index (χ0v) is 16.0. The van der Waals surface area contributed by atoms with Crippen molar-refractivity contribution in [2.45, 2.75) is 58.9 Å². The third-order valence-electron chi connectivity index (χ3n) is 5.21. The van der Waals surface area contributed by atoms with Crippen molar-refractivity contribution in [3.8, 4) is 0 Å². The summed E-state index contributed by atoms with van der Waals surface area (Å²) < 4.78 is 0. The number of carbonyl (C=O) groups excluding carboxylic acids is 1. The largest absolute Gasteiger partial charge is 0.349 e. The number of hydrogen-bond acceptors (Lipinski definition) is 3. The van der Waals surface area contributed by atoms with Crippen LogP contribution in [-0.2, 0) is 12.8 Å². The minimum absolute atomic E-state index is 0. The molecule has 0 radical (unpaired) electrons. The first-order valence-corrected chi connectivity index (χ1v) is 9.38. The molecule has 2 N–H and O–H groups in total. The van der Waals surface area contributed by atoms with Crippen molar-refractivity contribution >= 4 is 29.7 Å². The van der Waals surface area contributed by atoms with Gasteiger partial charge in [0.25, 0.3) is 5.91 Å². The number of rotatable bonds is 2. The Morgan fingerprint density at radius 1 is 1.26 bits per heavy atom. The summed E-state index contributed by atoms with van der Waals surface area (Å²) in [6, 6.07) is 2.50. The van der Waals surface area contributed by atoms with E-state index in [1.165, 1.54) is 16.9 Å². The Bertz CT molecular complexity index is 544. The second-order valence-electron chi connectivity index (χ2n) is 7.86. The van der Waals surface area contributed by atoms with E-state index in [-0.39, 0.29) is 18.3 Å². The van der Waals surface area contributed by atoms with Crippen molar-refractivity contribution in [2.75, 3.05) is 13.1 Å². The topological polar surface area (TPSA) is 41.1 Å². The standard InChI is InChI=1S/C18H28N2OS.ClH/c1-18(2,3)13-4-5-15-12(10-13)11-16(22-15)17(21)20-14-6-8-19-9-7-14;/h11,13-14,19H,4-10H2,1-3H3,(H,20,21);1H. The minimum atomic E-state index is 0. The maximum Gasteiger partial charge on any atom is 0.261 e. The van der Waals surface area contributed by atoms with Crippen LogP contribution in [0.2, 0.25) is 0 Å².